The van der Waals surface area contributed by atoms with Crippen molar-refractivity contribution in [3.05, 3.63) is 89.4 Å². The van der Waals surface area contributed by atoms with E-state index in [2.05, 4.69) is 10.6 Å². The van der Waals surface area contributed by atoms with Crippen molar-refractivity contribution in [3.8, 4) is 0 Å². The molecule has 3 aromatic rings. The van der Waals surface area contributed by atoms with E-state index >= 15 is 0 Å². The van der Waals surface area contributed by atoms with Crippen molar-refractivity contribution < 1.29 is 27.8 Å². The molecule has 10 heteroatoms. The van der Waals surface area contributed by atoms with E-state index in [9.17, 15) is 18.3 Å². The minimum absolute atomic E-state index is 0.0115. The van der Waals surface area contributed by atoms with Crippen LogP contribution in [-0.2, 0) is 29.6 Å². The Labute approximate surface area is 218 Å². The second-order valence-electron chi connectivity index (χ2n) is 8.83. The summed E-state index contributed by atoms with van der Waals surface area (Å²) >= 11 is 0. The van der Waals surface area contributed by atoms with Gasteiger partial charge in [0.2, 0.25) is 10.0 Å². The Morgan fingerprint density at radius 3 is 2.46 bits per heavy atom. The van der Waals surface area contributed by atoms with Crippen LogP contribution >= 0.6 is 0 Å². The molecule has 2 aromatic carbocycles. The summed E-state index contributed by atoms with van der Waals surface area (Å²) in [7, 11) is -2.01. The van der Waals surface area contributed by atoms with E-state index in [1.165, 1.54) is 17.4 Å². The lowest BCUT2D eigenvalue weighted by Crippen LogP contribution is -2.48. The maximum atomic E-state index is 13.2. The highest BCUT2D eigenvalue weighted by Crippen LogP contribution is 2.19. The highest BCUT2D eigenvalue weighted by Gasteiger charge is 2.24. The number of nitrogens with one attached hydrogen (secondary N) is 2. The number of benzene rings is 2. The lowest BCUT2D eigenvalue weighted by Gasteiger charge is -2.25. The molecule has 0 unspecified atom stereocenters. The van der Waals surface area contributed by atoms with Crippen molar-refractivity contribution in [2.75, 3.05) is 23.7 Å². The van der Waals surface area contributed by atoms with Crippen molar-refractivity contribution >= 4 is 21.6 Å². The van der Waals surface area contributed by atoms with E-state index in [1.54, 1.807) is 37.3 Å². The number of furan rings is 1. The van der Waals surface area contributed by atoms with Gasteiger partial charge in [0.15, 0.2) is 0 Å². The van der Waals surface area contributed by atoms with Gasteiger partial charge in [0.05, 0.1) is 30.1 Å². The SMILES string of the molecule is CCCS(=O)(=O)N(C)c1cccc(C(=O)N[C@@H](Cc2ccccc2)[C@H](O)CNCc2ccc(CO)o2)c1. The first kappa shape index (κ1) is 28.4. The van der Waals surface area contributed by atoms with Crippen LogP contribution in [0, 0.1) is 0 Å². The molecule has 0 aliphatic rings. The second-order valence-corrected chi connectivity index (χ2v) is 10.9. The van der Waals surface area contributed by atoms with Crippen molar-refractivity contribution in [3.63, 3.8) is 0 Å². The number of carbonyl (C=O) groups is 1. The lowest BCUT2D eigenvalue weighted by molar-refractivity contribution is 0.0828. The summed E-state index contributed by atoms with van der Waals surface area (Å²) in [5.41, 5.74) is 1.63. The fraction of sp³-hybridized carbons (Fsp3) is 0.370. The third kappa shape index (κ3) is 8.16. The monoisotopic (exact) mass is 529 g/mol. The quantitative estimate of drug-likeness (QED) is 0.252. The van der Waals surface area contributed by atoms with Crippen molar-refractivity contribution in [1.82, 2.24) is 10.6 Å². The summed E-state index contributed by atoms with van der Waals surface area (Å²) in [6, 6.07) is 18.8. The first-order chi connectivity index (χ1) is 17.7. The molecule has 3 rings (SSSR count). The van der Waals surface area contributed by atoms with Gasteiger partial charge in [0.25, 0.3) is 5.91 Å². The number of amides is 1. The molecule has 0 saturated heterocycles. The molecule has 1 aromatic heterocycles. The Balaban J connectivity index is 1.71. The summed E-state index contributed by atoms with van der Waals surface area (Å²) in [4.78, 5) is 13.2. The zero-order valence-electron chi connectivity index (χ0n) is 21.1. The number of nitrogens with zero attached hydrogens (tertiary/aromatic N) is 1. The molecular formula is C27H35N3O6S. The van der Waals surface area contributed by atoms with Crippen LogP contribution in [0.3, 0.4) is 0 Å². The Morgan fingerprint density at radius 1 is 1.05 bits per heavy atom. The Kier molecular flexibility index (Phi) is 10.3. The van der Waals surface area contributed by atoms with Crippen molar-refractivity contribution in [2.24, 2.45) is 0 Å². The smallest absolute Gasteiger partial charge is 0.251 e. The van der Waals surface area contributed by atoms with Crippen LogP contribution < -0.4 is 14.9 Å². The van der Waals surface area contributed by atoms with Crippen LogP contribution in [0.1, 0.15) is 40.8 Å². The van der Waals surface area contributed by atoms with Gasteiger partial charge in [0, 0.05) is 19.2 Å². The van der Waals surface area contributed by atoms with Gasteiger partial charge in [0.1, 0.15) is 18.1 Å². The van der Waals surface area contributed by atoms with Gasteiger partial charge in [-0.05, 0) is 48.7 Å². The molecule has 1 amide bonds. The Hall–Kier alpha value is -3.18. The van der Waals surface area contributed by atoms with Gasteiger partial charge >= 0.3 is 0 Å². The molecule has 4 N–H and O–H groups in total. The third-order valence-corrected chi connectivity index (χ3v) is 7.93. The highest BCUT2D eigenvalue weighted by atomic mass is 32.2. The fourth-order valence-electron chi connectivity index (χ4n) is 3.89. The molecule has 0 aliphatic heterocycles. The van der Waals surface area contributed by atoms with Crippen LogP contribution in [0.4, 0.5) is 5.69 Å². The topological polar surface area (TPSA) is 132 Å². The van der Waals surface area contributed by atoms with Crippen molar-refractivity contribution in [1.29, 1.82) is 0 Å². The average Bonchev–Trinajstić information content (AvgIpc) is 3.36. The standard InChI is InChI=1S/C27H35N3O6S/c1-3-14-37(34,35)30(2)22-11-7-10-21(16-22)27(33)29-25(15-20-8-5-4-6-9-20)26(32)18-28-17-23-12-13-24(19-31)36-23/h4-13,16,25-26,28,31-32H,3,14-15,17-19H2,1-2H3,(H,29,33)/t25-,26+/m0/s1. The van der Waals surface area contributed by atoms with Gasteiger partial charge in [-0.3, -0.25) is 9.10 Å². The minimum atomic E-state index is -3.48. The molecule has 0 aliphatic carbocycles. The molecule has 37 heavy (non-hydrogen) atoms. The van der Waals surface area contributed by atoms with E-state index in [0.717, 1.165) is 5.56 Å². The van der Waals surface area contributed by atoms with E-state index in [1.807, 2.05) is 30.3 Å². The zero-order valence-corrected chi connectivity index (χ0v) is 21.9. The molecule has 0 bridgehead atoms. The zero-order chi connectivity index (χ0) is 26.8. The van der Waals surface area contributed by atoms with E-state index < -0.39 is 28.1 Å². The first-order valence-electron chi connectivity index (χ1n) is 12.2. The summed E-state index contributed by atoms with van der Waals surface area (Å²) in [5, 5.41) is 26.1. The summed E-state index contributed by atoms with van der Waals surface area (Å²) in [6.45, 7) is 2.15. The van der Waals surface area contributed by atoms with Crippen LogP contribution in [-0.4, -0.2) is 56.0 Å². The molecule has 0 fully saturated rings. The molecule has 2 atom stereocenters. The van der Waals surface area contributed by atoms with Gasteiger partial charge in [-0.1, -0.05) is 43.3 Å². The number of anilines is 1. The predicted octanol–water partition coefficient (Wildman–Crippen LogP) is 2.44. The Morgan fingerprint density at radius 2 is 1.78 bits per heavy atom. The number of aliphatic hydroxyl groups excluding tert-OH is 2. The summed E-state index contributed by atoms with van der Waals surface area (Å²) < 4.78 is 31.6. The molecule has 0 saturated carbocycles. The van der Waals surface area contributed by atoms with Gasteiger partial charge in [-0.15, -0.1) is 0 Å². The molecule has 0 radical (unpaired) electrons. The van der Waals surface area contributed by atoms with Crippen LogP contribution in [0.15, 0.2) is 71.1 Å². The predicted molar refractivity (Wildman–Crippen MR) is 143 cm³/mol. The molecule has 9 nitrogen and oxygen atoms in total. The van der Waals surface area contributed by atoms with Gasteiger partial charge in [-0.25, -0.2) is 8.42 Å². The first-order valence-corrected chi connectivity index (χ1v) is 13.8. The second kappa shape index (κ2) is 13.4. The number of hydrogen-bond acceptors (Lipinski definition) is 7. The molecule has 200 valence electrons. The summed E-state index contributed by atoms with van der Waals surface area (Å²) in [5.74, 6) is 0.681. The lowest BCUT2D eigenvalue weighted by atomic mass is 10.0. The molecule has 1 heterocycles. The van der Waals surface area contributed by atoms with Crippen molar-refractivity contribution in [2.45, 2.75) is 45.1 Å². The van der Waals surface area contributed by atoms with E-state index in [-0.39, 0.29) is 18.9 Å². The number of carbonyl (C=O) groups excluding carboxylic acids is 1. The number of aliphatic hydroxyl groups is 2. The number of rotatable bonds is 14. The van der Waals surface area contributed by atoms with E-state index in [0.29, 0.717) is 42.2 Å². The minimum Gasteiger partial charge on any atom is -0.462 e. The fourth-order valence-corrected chi connectivity index (χ4v) is 5.11. The normalized spacial score (nSPS) is 13.2. The number of sulfonamides is 1. The molecule has 0 spiro atoms. The Bertz CT molecular complexity index is 1250. The van der Waals surface area contributed by atoms with Crippen LogP contribution in [0.2, 0.25) is 0 Å². The maximum absolute atomic E-state index is 13.2. The summed E-state index contributed by atoms with van der Waals surface area (Å²) in [6.07, 6.45) is -0.0372. The largest absolute Gasteiger partial charge is 0.462 e. The van der Waals surface area contributed by atoms with Crippen LogP contribution in [0.5, 0.6) is 0 Å². The van der Waals surface area contributed by atoms with E-state index in [4.69, 9.17) is 9.52 Å². The number of hydrogen-bond donors (Lipinski definition) is 4. The average molecular weight is 530 g/mol. The maximum Gasteiger partial charge on any atom is 0.251 e. The van der Waals surface area contributed by atoms with Crippen LogP contribution in [0.25, 0.3) is 0 Å². The third-order valence-electron chi connectivity index (χ3n) is 5.96. The molecular weight excluding hydrogens is 494 g/mol. The van der Waals surface area contributed by atoms with Gasteiger partial charge < -0.3 is 25.3 Å². The van der Waals surface area contributed by atoms with Gasteiger partial charge in [-0.2, -0.15) is 0 Å². The highest BCUT2D eigenvalue weighted by molar-refractivity contribution is 7.92.